The minimum atomic E-state index is -0.383. The number of thioether (sulfide) groups is 1. The third-order valence-corrected chi connectivity index (χ3v) is 8.70. The summed E-state index contributed by atoms with van der Waals surface area (Å²) in [4.78, 5) is 37.2. The molecule has 1 amide bonds. The number of hydrogen-bond acceptors (Lipinski definition) is 8. The lowest BCUT2D eigenvalue weighted by Crippen LogP contribution is -2.17. The van der Waals surface area contributed by atoms with Gasteiger partial charge in [-0.25, -0.2) is 14.8 Å². The number of hydrogen-bond donors (Lipinski definition) is 1. The number of rotatable bonds is 5. The Balaban J connectivity index is 1.53. The first-order chi connectivity index (χ1) is 14.4. The second-order valence-corrected chi connectivity index (χ2v) is 10.8. The minimum Gasteiger partial charge on any atom is -0.465 e. The largest absolute Gasteiger partial charge is 0.465 e. The zero-order chi connectivity index (χ0) is 21.4. The molecule has 4 rings (SSSR count). The van der Waals surface area contributed by atoms with Crippen molar-refractivity contribution in [2.45, 2.75) is 45.1 Å². The van der Waals surface area contributed by atoms with E-state index < -0.39 is 0 Å². The van der Waals surface area contributed by atoms with Crippen LogP contribution in [0.25, 0.3) is 10.2 Å². The monoisotopic (exact) mass is 461 g/mol. The van der Waals surface area contributed by atoms with Gasteiger partial charge in [-0.15, -0.1) is 22.7 Å². The van der Waals surface area contributed by atoms with Gasteiger partial charge in [-0.2, -0.15) is 0 Å². The third-order valence-electron chi connectivity index (χ3n) is 5.42. The Bertz CT molecular complexity index is 1140. The highest BCUT2D eigenvalue weighted by atomic mass is 32.2. The van der Waals surface area contributed by atoms with Crippen LogP contribution in [0.5, 0.6) is 0 Å². The number of nitrogens with one attached hydrogen (secondary N) is 1. The average molecular weight is 462 g/mol. The van der Waals surface area contributed by atoms with Crippen molar-refractivity contribution in [2.24, 2.45) is 5.92 Å². The summed E-state index contributed by atoms with van der Waals surface area (Å²) < 4.78 is 5.00. The number of aryl methyl sites for hydroxylation is 2. The summed E-state index contributed by atoms with van der Waals surface area (Å²) in [7, 11) is 1.38. The Kier molecular flexibility index (Phi) is 6.13. The summed E-state index contributed by atoms with van der Waals surface area (Å²) in [6.07, 6.45) is 4.37. The van der Waals surface area contributed by atoms with E-state index in [1.54, 1.807) is 17.7 Å². The lowest BCUT2D eigenvalue weighted by molar-refractivity contribution is -0.113. The first-order valence-corrected chi connectivity index (χ1v) is 12.4. The normalized spacial score (nSPS) is 15.8. The van der Waals surface area contributed by atoms with Crippen molar-refractivity contribution in [1.29, 1.82) is 0 Å². The van der Waals surface area contributed by atoms with Crippen LogP contribution in [0, 0.1) is 19.8 Å². The van der Waals surface area contributed by atoms with Gasteiger partial charge in [-0.1, -0.05) is 18.7 Å². The van der Waals surface area contributed by atoms with Crippen LogP contribution in [0.2, 0.25) is 0 Å². The zero-order valence-electron chi connectivity index (χ0n) is 17.3. The number of amides is 1. The van der Waals surface area contributed by atoms with Crippen molar-refractivity contribution >= 4 is 61.5 Å². The van der Waals surface area contributed by atoms with Gasteiger partial charge in [0.2, 0.25) is 5.91 Å². The third kappa shape index (κ3) is 3.98. The Morgan fingerprint density at radius 1 is 1.30 bits per heavy atom. The van der Waals surface area contributed by atoms with Crippen LogP contribution < -0.4 is 5.32 Å². The molecule has 0 saturated carbocycles. The van der Waals surface area contributed by atoms with Gasteiger partial charge < -0.3 is 10.1 Å². The number of aromatic nitrogens is 2. The smallest absolute Gasteiger partial charge is 0.341 e. The molecule has 3 heterocycles. The van der Waals surface area contributed by atoms with Crippen LogP contribution >= 0.6 is 34.4 Å². The maximum absolute atomic E-state index is 12.7. The molecule has 0 aliphatic heterocycles. The molecule has 158 valence electrons. The number of esters is 1. The first-order valence-electron chi connectivity index (χ1n) is 9.75. The summed E-state index contributed by atoms with van der Waals surface area (Å²) in [5, 5.41) is 5.38. The van der Waals surface area contributed by atoms with Crippen molar-refractivity contribution in [1.82, 2.24) is 9.97 Å². The molecule has 3 aromatic heterocycles. The lowest BCUT2D eigenvalue weighted by Gasteiger charge is -2.18. The Morgan fingerprint density at radius 2 is 2.10 bits per heavy atom. The van der Waals surface area contributed by atoms with E-state index in [1.807, 2.05) is 0 Å². The van der Waals surface area contributed by atoms with Gasteiger partial charge in [0.15, 0.2) is 0 Å². The quantitative estimate of drug-likeness (QED) is 0.327. The summed E-state index contributed by atoms with van der Waals surface area (Å²) in [6, 6.07) is 0. The molecule has 0 radical (unpaired) electrons. The zero-order valence-corrected chi connectivity index (χ0v) is 19.8. The number of nitrogens with zero attached hydrogens (tertiary/aromatic N) is 2. The van der Waals surface area contributed by atoms with Crippen LogP contribution in [0.3, 0.4) is 0 Å². The van der Waals surface area contributed by atoms with Crippen molar-refractivity contribution < 1.29 is 14.3 Å². The minimum absolute atomic E-state index is 0.159. The van der Waals surface area contributed by atoms with Gasteiger partial charge >= 0.3 is 5.97 Å². The maximum Gasteiger partial charge on any atom is 0.341 e. The molecule has 1 aliphatic rings. The molecule has 1 aliphatic carbocycles. The molecular weight excluding hydrogens is 438 g/mol. The summed E-state index contributed by atoms with van der Waals surface area (Å²) in [5.74, 6) is 0.248. The first kappa shape index (κ1) is 21.3. The van der Waals surface area contributed by atoms with E-state index in [4.69, 9.17) is 4.74 Å². The Labute approximate surface area is 187 Å². The standard InChI is InChI=1S/C21H23N3O3S3/c1-10-5-6-13-14(7-10)30-20(17(13)21(26)27-4)24-15(25)8-28-18-16-11(2)12(3)29-19(16)23-9-22-18/h9-10H,5-8H2,1-4H3,(H,24,25). The topological polar surface area (TPSA) is 81.2 Å². The van der Waals surface area contributed by atoms with Crippen molar-refractivity contribution in [3.63, 3.8) is 0 Å². The molecule has 0 spiro atoms. The molecule has 1 unspecified atom stereocenters. The van der Waals surface area contributed by atoms with Gasteiger partial charge in [-0.05, 0) is 50.2 Å². The molecule has 1 atom stereocenters. The summed E-state index contributed by atoms with van der Waals surface area (Å²) in [5.41, 5.74) is 2.72. The molecular formula is C21H23N3O3S3. The number of anilines is 1. The van der Waals surface area contributed by atoms with Crippen LogP contribution in [-0.2, 0) is 22.4 Å². The summed E-state index contributed by atoms with van der Waals surface area (Å²) >= 11 is 4.53. The molecule has 0 bridgehead atoms. The fourth-order valence-electron chi connectivity index (χ4n) is 3.71. The number of ether oxygens (including phenoxy) is 1. The van der Waals surface area contributed by atoms with E-state index >= 15 is 0 Å². The number of fused-ring (bicyclic) bond motifs is 2. The molecule has 1 N–H and O–H groups in total. The van der Waals surface area contributed by atoms with E-state index in [2.05, 4.69) is 36.1 Å². The molecule has 0 saturated heterocycles. The summed E-state index contributed by atoms with van der Waals surface area (Å²) in [6.45, 7) is 6.34. The highest BCUT2D eigenvalue weighted by Crippen LogP contribution is 2.40. The van der Waals surface area contributed by atoms with Crippen molar-refractivity contribution in [2.75, 3.05) is 18.2 Å². The lowest BCUT2D eigenvalue weighted by atomic mass is 9.88. The van der Waals surface area contributed by atoms with E-state index in [9.17, 15) is 9.59 Å². The fourth-order valence-corrected chi connectivity index (χ4v) is 7.05. The van der Waals surface area contributed by atoms with E-state index in [1.165, 1.54) is 40.0 Å². The fraction of sp³-hybridized carbons (Fsp3) is 0.429. The molecule has 0 aromatic carbocycles. The molecule has 0 fully saturated rings. The molecule has 6 nitrogen and oxygen atoms in total. The Morgan fingerprint density at radius 3 is 2.87 bits per heavy atom. The highest BCUT2D eigenvalue weighted by Gasteiger charge is 2.29. The van der Waals surface area contributed by atoms with Crippen molar-refractivity contribution in [3.8, 4) is 0 Å². The molecule has 30 heavy (non-hydrogen) atoms. The average Bonchev–Trinajstić information content (AvgIpc) is 3.22. The predicted octanol–water partition coefficient (Wildman–Crippen LogP) is 5.01. The van der Waals surface area contributed by atoms with Crippen LogP contribution in [0.15, 0.2) is 11.4 Å². The van der Waals surface area contributed by atoms with Crippen LogP contribution in [-0.4, -0.2) is 34.7 Å². The second kappa shape index (κ2) is 8.64. The highest BCUT2D eigenvalue weighted by molar-refractivity contribution is 8.00. The predicted molar refractivity (Wildman–Crippen MR) is 123 cm³/mol. The molecule has 9 heteroatoms. The number of carbonyl (C=O) groups excluding carboxylic acids is 2. The van der Waals surface area contributed by atoms with Crippen molar-refractivity contribution in [3.05, 3.63) is 32.8 Å². The van der Waals surface area contributed by atoms with Gasteiger partial charge in [0.1, 0.15) is 21.2 Å². The van der Waals surface area contributed by atoms with Gasteiger partial charge in [0, 0.05) is 15.1 Å². The molecule has 3 aromatic rings. The number of methoxy groups -OCH3 is 1. The van der Waals surface area contributed by atoms with Gasteiger partial charge in [0.25, 0.3) is 0 Å². The number of thiophene rings is 2. The van der Waals surface area contributed by atoms with E-state index in [-0.39, 0.29) is 17.6 Å². The Hall–Kier alpha value is -1.97. The maximum atomic E-state index is 12.7. The van der Waals surface area contributed by atoms with E-state index in [0.29, 0.717) is 16.5 Å². The van der Waals surface area contributed by atoms with E-state index in [0.717, 1.165) is 45.6 Å². The SMILES string of the molecule is COC(=O)c1c(NC(=O)CSc2ncnc3sc(C)c(C)c23)sc2c1CCC(C)C2. The van der Waals surface area contributed by atoms with Gasteiger partial charge in [0.05, 0.1) is 18.4 Å². The van der Waals surface area contributed by atoms with Crippen LogP contribution in [0.1, 0.15) is 44.6 Å². The second-order valence-electron chi connectivity index (χ2n) is 7.53. The number of carbonyl (C=O) groups is 2. The van der Waals surface area contributed by atoms with Crippen LogP contribution in [0.4, 0.5) is 5.00 Å². The van der Waals surface area contributed by atoms with Gasteiger partial charge in [-0.3, -0.25) is 4.79 Å².